The fraction of sp³-hybridized carbons (Fsp3) is 0.519. The summed E-state index contributed by atoms with van der Waals surface area (Å²) in [6.07, 6.45) is 1.25. The minimum Gasteiger partial charge on any atom is -0.395 e. The highest BCUT2D eigenvalue weighted by atomic mass is 16.7. The molecule has 0 spiro atoms. The second kappa shape index (κ2) is 12.0. The van der Waals surface area contributed by atoms with Crippen LogP contribution in [0.15, 0.2) is 48.5 Å². The zero-order valence-corrected chi connectivity index (χ0v) is 20.5. The maximum Gasteiger partial charge on any atom is 0.319 e. The molecule has 8 heteroatoms. The molecule has 2 fully saturated rings. The number of anilines is 1. The highest BCUT2D eigenvalue weighted by Gasteiger charge is 2.40. The fourth-order valence-electron chi connectivity index (χ4n) is 4.96. The quantitative estimate of drug-likeness (QED) is 0.458. The number of hydrogen-bond donors (Lipinski definition) is 4. The third-order valence-corrected chi connectivity index (χ3v) is 7.03. The Balaban J connectivity index is 1.55. The molecule has 0 radical (unpaired) electrons. The maximum absolute atomic E-state index is 11.8. The van der Waals surface area contributed by atoms with Gasteiger partial charge in [0, 0.05) is 36.3 Å². The van der Waals surface area contributed by atoms with Crippen molar-refractivity contribution in [2.45, 2.75) is 57.8 Å². The number of urea groups is 1. The first-order valence-electron chi connectivity index (χ1n) is 12.5. The molecular formula is C27H37N3O5. The molecule has 2 aromatic carbocycles. The summed E-state index contributed by atoms with van der Waals surface area (Å²) >= 11 is 0. The van der Waals surface area contributed by atoms with Crippen LogP contribution in [0.3, 0.4) is 0 Å². The van der Waals surface area contributed by atoms with Gasteiger partial charge in [-0.3, -0.25) is 4.90 Å². The summed E-state index contributed by atoms with van der Waals surface area (Å²) in [6, 6.07) is 15.3. The lowest BCUT2D eigenvalue weighted by Crippen LogP contribution is -2.46. The van der Waals surface area contributed by atoms with Crippen LogP contribution in [0.5, 0.6) is 0 Å². The number of ether oxygens (including phenoxy) is 2. The molecule has 2 aliphatic heterocycles. The van der Waals surface area contributed by atoms with Gasteiger partial charge in [0.15, 0.2) is 6.29 Å². The van der Waals surface area contributed by atoms with Crippen LogP contribution in [0, 0.1) is 5.92 Å². The highest BCUT2D eigenvalue weighted by molar-refractivity contribution is 5.89. The van der Waals surface area contributed by atoms with E-state index in [0.29, 0.717) is 12.2 Å². The van der Waals surface area contributed by atoms with Crippen LogP contribution in [0.4, 0.5) is 10.5 Å². The van der Waals surface area contributed by atoms with Gasteiger partial charge >= 0.3 is 6.03 Å². The van der Waals surface area contributed by atoms with E-state index in [-0.39, 0.29) is 43.4 Å². The van der Waals surface area contributed by atoms with E-state index in [1.165, 1.54) is 0 Å². The van der Waals surface area contributed by atoms with E-state index in [9.17, 15) is 15.0 Å². The number of carbonyl (C=O) groups is 1. The zero-order chi connectivity index (χ0) is 24.8. The van der Waals surface area contributed by atoms with Crippen molar-refractivity contribution >= 4 is 11.7 Å². The van der Waals surface area contributed by atoms with Crippen molar-refractivity contribution in [2.75, 3.05) is 31.6 Å². The van der Waals surface area contributed by atoms with E-state index in [1.54, 1.807) is 0 Å². The van der Waals surface area contributed by atoms with Crippen LogP contribution in [0.25, 0.3) is 0 Å². The second-order valence-electron chi connectivity index (χ2n) is 9.40. The summed E-state index contributed by atoms with van der Waals surface area (Å²) in [6.45, 7) is 6.43. The van der Waals surface area contributed by atoms with Gasteiger partial charge in [0.2, 0.25) is 0 Å². The zero-order valence-electron chi connectivity index (χ0n) is 20.5. The number of likely N-dealkylation sites (tertiary alicyclic amines) is 1. The first-order chi connectivity index (χ1) is 17.0. The lowest BCUT2D eigenvalue weighted by molar-refractivity contribution is -0.276. The van der Waals surface area contributed by atoms with E-state index < -0.39 is 6.29 Å². The Morgan fingerprint density at radius 1 is 1.06 bits per heavy atom. The minimum atomic E-state index is -0.563. The Kier molecular flexibility index (Phi) is 8.75. The van der Waals surface area contributed by atoms with Gasteiger partial charge in [0.25, 0.3) is 0 Å². The third kappa shape index (κ3) is 6.20. The molecule has 0 aliphatic carbocycles. The van der Waals surface area contributed by atoms with Crippen LogP contribution in [-0.4, -0.2) is 59.5 Å². The molecule has 0 bridgehead atoms. The molecule has 2 saturated heterocycles. The summed E-state index contributed by atoms with van der Waals surface area (Å²) in [7, 11) is 0. The van der Waals surface area contributed by atoms with Crippen LogP contribution >= 0.6 is 0 Å². The van der Waals surface area contributed by atoms with Gasteiger partial charge < -0.3 is 30.3 Å². The van der Waals surface area contributed by atoms with Crippen molar-refractivity contribution in [1.82, 2.24) is 10.2 Å². The van der Waals surface area contributed by atoms with E-state index >= 15 is 0 Å². The predicted molar refractivity (Wildman–Crippen MR) is 134 cm³/mol. The van der Waals surface area contributed by atoms with Gasteiger partial charge in [-0.1, -0.05) is 43.3 Å². The smallest absolute Gasteiger partial charge is 0.319 e. The summed E-state index contributed by atoms with van der Waals surface area (Å²) in [5.41, 5.74) is 3.47. The number of aliphatic hydroxyl groups excluding tert-OH is 2. The molecule has 2 heterocycles. The number of benzene rings is 2. The highest BCUT2D eigenvalue weighted by Crippen LogP contribution is 2.42. The maximum atomic E-state index is 11.8. The van der Waals surface area contributed by atoms with Gasteiger partial charge in [-0.2, -0.15) is 0 Å². The molecule has 2 aliphatic rings. The number of carbonyl (C=O) groups excluding carboxylic acids is 1. The van der Waals surface area contributed by atoms with Gasteiger partial charge in [0.1, 0.15) is 0 Å². The normalized spacial score (nSPS) is 27.0. The topological polar surface area (TPSA) is 103 Å². The molecule has 2 amide bonds. The van der Waals surface area contributed by atoms with Crippen molar-refractivity contribution < 1.29 is 24.5 Å². The van der Waals surface area contributed by atoms with Crippen LogP contribution in [0.2, 0.25) is 0 Å². The number of amides is 2. The minimum absolute atomic E-state index is 0.00386. The molecule has 0 unspecified atom stereocenters. The van der Waals surface area contributed by atoms with Gasteiger partial charge in [-0.25, -0.2) is 4.79 Å². The number of aliphatic hydroxyl groups is 2. The third-order valence-electron chi connectivity index (χ3n) is 7.03. The number of nitrogens with zero attached hydrogens (tertiary/aromatic N) is 1. The Bertz CT molecular complexity index is 952. The lowest BCUT2D eigenvalue weighted by Gasteiger charge is -2.43. The summed E-state index contributed by atoms with van der Waals surface area (Å²) in [5, 5.41) is 24.8. The summed E-state index contributed by atoms with van der Waals surface area (Å²) in [4.78, 5) is 14.2. The van der Waals surface area contributed by atoms with Crippen molar-refractivity contribution in [1.29, 1.82) is 0 Å². The fourth-order valence-corrected chi connectivity index (χ4v) is 4.96. The molecular weight excluding hydrogens is 446 g/mol. The molecule has 0 saturated carbocycles. The van der Waals surface area contributed by atoms with E-state index in [0.717, 1.165) is 42.6 Å². The summed E-state index contributed by atoms with van der Waals surface area (Å²) < 4.78 is 13.0. The van der Waals surface area contributed by atoms with Crippen LogP contribution < -0.4 is 10.6 Å². The Morgan fingerprint density at radius 2 is 1.77 bits per heavy atom. The van der Waals surface area contributed by atoms with E-state index in [1.807, 2.05) is 55.5 Å². The molecule has 5 atom stereocenters. The Labute approximate surface area is 207 Å². The Morgan fingerprint density at radius 3 is 2.43 bits per heavy atom. The first kappa shape index (κ1) is 25.6. The molecule has 4 N–H and O–H groups in total. The van der Waals surface area contributed by atoms with Crippen molar-refractivity contribution in [3.8, 4) is 0 Å². The lowest BCUT2D eigenvalue weighted by atomic mass is 9.90. The molecule has 4 rings (SSSR count). The molecule has 2 aromatic rings. The van der Waals surface area contributed by atoms with Crippen LogP contribution in [-0.2, 0) is 16.1 Å². The van der Waals surface area contributed by atoms with E-state index in [4.69, 9.17) is 9.47 Å². The van der Waals surface area contributed by atoms with Gasteiger partial charge in [-0.05, 0) is 49.6 Å². The van der Waals surface area contributed by atoms with Crippen molar-refractivity contribution in [2.24, 2.45) is 5.92 Å². The van der Waals surface area contributed by atoms with Gasteiger partial charge in [-0.15, -0.1) is 0 Å². The molecule has 190 valence electrons. The monoisotopic (exact) mass is 483 g/mol. The van der Waals surface area contributed by atoms with Crippen molar-refractivity contribution in [3.63, 3.8) is 0 Å². The number of hydrogen-bond acceptors (Lipinski definition) is 6. The van der Waals surface area contributed by atoms with Gasteiger partial charge in [0.05, 0.1) is 25.4 Å². The first-order valence-corrected chi connectivity index (χ1v) is 12.5. The number of nitrogens with one attached hydrogen (secondary N) is 2. The molecule has 35 heavy (non-hydrogen) atoms. The SMILES string of the molecule is CCNC(=O)Nc1ccc([C@H]2O[C@@H](CN3CCC[C@H]3CO)[C@@H](C)[C@@H](c3ccc(CO)cc3)O2)cc1. The standard InChI is InChI=1S/C27H37N3O5/c1-3-28-27(33)29-22-12-10-21(11-13-22)26-34-24(15-30-14-4-5-23(30)17-32)18(2)25(35-26)20-8-6-19(16-31)7-9-20/h6-13,18,23-26,31-32H,3-5,14-17H2,1-2H3,(H2,28,29,33)/t18-,23+,24+,25+,26+/m1/s1. The predicted octanol–water partition coefficient (Wildman–Crippen LogP) is 3.57. The largest absolute Gasteiger partial charge is 0.395 e. The second-order valence-corrected chi connectivity index (χ2v) is 9.40. The average Bonchev–Trinajstić information content (AvgIpc) is 3.33. The average molecular weight is 484 g/mol. The van der Waals surface area contributed by atoms with E-state index in [2.05, 4.69) is 22.5 Å². The Hall–Kier alpha value is -2.49. The number of rotatable bonds is 8. The molecule has 0 aromatic heterocycles. The summed E-state index contributed by atoms with van der Waals surface area (Å²) in [5.74, 6) is 0.0878. The molecule has 8 nitrogen and oxygen atoms in total. The van der Waals surface area contributed by atoms with Crippen LogP contribution in [0.1, 0.15) is 55.8 Å². The van der Waals surface area contributed by atoms with Crippen molar-refractivity contribution in [3.05, 3.63) is 65.2 Å².